The average Bonchev–Trinajstić information content (AvgIpc) is 2.81. The van der Waals surface area contributed by atoms with Gasteiger partial charge in [0.25, 0.3) is 0 Å². The van der Waals surface area contributed by atoms with Crippen LogP contribution in [0.25, 0.3) is 0 Å². The van der Waals surface area contributed by atoms with Gasteiger partial charge in [-0.25, -0.2) is 0 Å². The topological polar surface area (TPSA) is 50.9 Å². The number of nitrogens with one attached hydrogen (secondary N) is 1. The number of nitrogens with two attached hydrogens (primary N) is 1. The molecule has 1 aliphatic rings. The number of nitrogens with zero attached hydrogens (tertiary/aromatic N) is 1. The summed E-state index contributed by atoms with van der Waals surface area (Å²) in [7, 11) is 0. The second kappa shape index (κ2) is 5.50. The Morgan fingerprint density at radius 1 is 1.35 bits per heavy atom. The summed E-state index contributed by atoms with van der Waals surface area (Å²) < 4.78 is 0. The molecule has 3 nitrogen and oxygen atoms in total. The van der Waals surface area contributed by atoms with Crippen molar-refractivity contribution in [3.05, 3.63) is 24.0 Å². The monoisotopic (exact) mass is 233 g/mol. The van der Waals surface area contributed by atoms with Crippen molar-refractivity contribution in [1.82, 2.24) is 10.3 Å². The number of nitrogen functional groups attached to an aromatic ring is 1. The van der Waals surface area contributed by atoms with Gasteiger partial charge in [-0.15, -0.1) is 0 Å². The molecule has 3 N–H and O–H groups in total. The Morgan fingerprint density at radius 2 is 2.12 bits per heavy atom. The Hall–Kier alpha value is -1.09. The number of aromatic nitrogens is 1. The average molecular weight is 233 g/mol. The van der Waals surface area contributed by atoms with Gasteiger partial charge < -0.3 is 11.1 Å². The van der Waals surface area contributed by atoms with E-state index < -0.39 is 0 Å². The molecule has 17 heavy (non-hydrogen) atoms. The molecule has 0 aliphatic heterocycles. The summed E-state index contributed by atoms with van der Waals surface area (Å²) >= 11 is 0. The third kappa shape index (κ3) is 3.19. The third-order valence-electron chi connectivity index (χ3n) is 4.07. The lowest BCUT2D eigenvalue weighted by molar-refractivity contribution is 0.268. The fourth-order valence-electron chi connectivity index (χ4n) is 2.78. The van der Waals surface area contributed by atoms with Gasteiger partial charge in [-0.3, -0.25) is 4.98 Å². The van der Waals surface area contributed by atoms with Crippen LogP contribution in [0.15, 0.2) is 18.3 Å². The molecule has 1 heterocycles. The number of pyridine rings is 1. The summed E-state index contributed by atoms with van der Waals surface area (Å²) in [5.41, 5.74) is 7.97. The molecule has 2 rings (SSSR count). The fraction of sp³-hybridized carbons (Fsp3) is 0.643. The van der Waals surface area contributed by atoms with E-state index in [0.29, 0.717) is 5.41 Å². The maximum Gasteiger partial charge on any atom is 0.0543 e. The van der Waals surface area contributed by atoms with E-state index in [1.807, 2.05) is 12.1 Å². The zero-order valence-corrected chi connectivity index (χ0v) is 10.7. The van der Waals surface area contributed by atoms with Gasteiger partial charge in [-0.05, 0) is 36.8 Å². The normalized spacial score (nSPS) is 18.4. The number of anilines is 1. The van der Waals surface area contributed by atoms with Crippen molar-refractivity contribution in [3.8, 4) is 0 Å². The van der Waals surface area contributed by atoms with E-state index >= 15 is 0 Å². The van der Waals surface area contributed by atoms with Crippen molar-refractivity contribution in [2.24, 2.45) is 5.41 Å². The highest BCUT2D eigenvalue weighted by atomic mass is 14.9. The largest absolute Gasteiger partial charge is 0.397 e. The van der Waals surface area contributed by atoms with Crippen LogP contribution >= 0.6 is 0 Å². The van der Waals surface area contributed by atoms with E-state index in [-0.39, 0.29) is 0 Å². The van der Waals surface area contributed by atoms with Gasteiger partial charge in [0.1, 0.15) is 0 Å². The lowest BCUT2D eigenvalue weighted by Crippen LogP contribution is -2.31. The summed E-state index contributed by atoms with van der Waals surface area (Å²) in [5, 5.41) is 3.55. The molecule has 0 aromatic carbocycles. The molecule has 0 unspecified atom stereocenters. The zero-order valence-electron chi connectivity index (χ0n) is 10.7. The van der Waals surface area contributed by atoms with Gasteiger partial charge in [-0.1, -0.05) is 19.8 Å². The van der Waals surface area contributed by atoms with E-state index in [4.69, 9.17) is 5.73 Å². The van der Waals surface area contributed by atoms with Crippen LogP contribution in [0.5, 0.6) is 0 Å². The standard InChI is InChI=1S/C14H23N3/c1-2-14(7-3-4-8-14)11-16-10-13-6-5-12(15)9-17-13/h5-6,9,16H,2-4,7-8,10-11,15H2,1H3. The van der Waals surface area contributed by atoms with Crippen molar-refractivity contribution in [3.63, 3.8) is 0 Å². The predicted octanol–water partition coefficient (Wildman–Crippen LogP) is 2.72. The Bertz CT molecular complexity index is 339. The van der Waals surface area contributed by atoms with Crippen LogP contribution < -0.4 is 11.1 Å². The van der Waals surface area contributed by atoms with E-state index in [9.17, 15) is 0 Å². The maximum atomic E-state index is 5.61. The smallest absolute Gasteiger partial charge is 0.0543 e. The molecule has 0 bridgehead atoms. The van der Waals surface area contributed by atoms with Gasteiger partial charge in [0.05, 0.1) is 17.6 Å². The Kier molecular flexibility index (Phi) is 4.00. The van der Waals surface area contributed by atoms with E-state index in [2.05, 4.69) is 17.2 Å². The molecule has 1 aliphatic carbocycles. The Balaban J connectivity index is 1.80. The zero-order chi connectivity index (χ0) is 12.1. The van der Waals surface area contributed by atoms with Crippen LogP contribution in [-0.2, 0) is 6.54 Å². The van der Waals surface area contributed by atoms with Gasteiger partial charge in [0.15, 0.2) is 0 Å². The minimum atomic E-state index is 0.549. The molecule has 1 saturated carbocycles. The van der Waals surface area contributed by atoms with Crippen LogP contribution in [0, 0.1) is 5.41 Å². The second-order valence-electron chi connectivity index (χ2n) is 5.25. The molecule has 0 amide bonds. The highest BCUT2D eigenvalue weighted by Crippen LogP contribution is 2.40. The SMILES string of the molecule is CCC1(CNCc2ccc(N)cn2)CCCC1. The third-order valence-corrected chi connectivity index (χ3v) is 4.07. The molecular weight excluding hydrogens is 210 g/mol. The minimum Gasteiger partial charge on any atom is -0.397 e. The van der Waals surface area contributed by atoms with Crippen molar-refractivity contribution < 1.29 is 0 Å². The van der Waals surface area contributed by atoms with Gasteiger partial charge in [0.2, 0.25) is 0 Å². The van der Waals surface area contributed by atoms with Gasteiger partial charge >= 0.3 is 0 Å². The Labute approximate surface area is 104 Å². The lowest BCUT2D eigenvalue weighted by Gasteiger charge is -2.27. The van der Waals surface area contributed by atoms with Crippen molar-refractivity contribution in [2.45, 2.75) is 45.6 Å². The first-order valence-corrected chi connectivity index (χ1v) is 6.65. The van der Waals surface area contributed by atoms with Crippen LogP contribution in [0.4, 0.5) is 5.69 Å². The summed E-state index contributed by atoms with van der Waals surface area (Å²) in [5.74, 6) is 0. The first kappa shape index (κ1) is 12.4. The van der Waals surface area contributed by atoms with Crippen LogP contribution in [-0.4, -0.2) is 11.5 Å². The number of hydrogen-bond donors (Lipinski definition) is 2. The summed E-state index contributed by atoms with van der Waals surface area (Å²) in [6.07, 6.45) is 8.57. The van der Waals surface area contributed by atoms with E-state index in [0.717, 1.165) is 24.5 Å². The summed E-state index contributed by atoms with van der Waals surface area (Å²) in [6, 6.07) is 3.91. The minimum absolute atomic E-state index is 0.549. The highest BCUT2D eigenvalue weighted by Gasteiger charge is 2.31. The first-order valence-electron chi connectivity index (χ1n) is 6.65. The van der Waals surface area contributed by atoms with Crippen molar-refractivity contribution >= 4 is 5.69 Å². The maximum absolute atomic E-state index is 5.61. The summed E-state index contributed by atoms with van der Waals surface area (Å²) in [4.78, 5) is 4.30. The lowest BCUT2D eigenvalue weighted by atomic mass is 9.83. The molecule has 3 heteroatoms. The molecule has 94 valence electrons. The Morgan fingerprint density at radius 3 is 2.71 bits per heavy atom. The summed E-state index contributed by atoms with van der Waals surface area (Å²) in [6.45, 7) is 4.28. The van der Waals surface area contributed by atoms with Crippen molar-refractivity contribution in [1.29, 1.82) is 0 Å². The molecular formula is C14H23N3. The van der Waals surface area contributed by atoms with Crippen LogP contribution in [0.3, 0.4) is 0 Å². The highest BCUT2D eigenvalue weighted by molar-refractivity contribution is 5.34. The predicted molar refractivity (Wildman–Crippen MR) is 71.5 cm³/mol. The quantitative estimate of drug-likeness (QED) is 0.822. The van der Waals surface area contributed by atoms with Crippen molar-refractivity contribution in [2.75, 3.05) is 12.3 Å². The molecule has 0 saturated heterocycles. The van der Waals surface area contributed by atoms with Gasteiger partial charge in [0, 0.05) is 13.1 Å². The molecule has 0 atom stereocenters. The van der Waals surface area contributed by atoms with Gasteiger partial charge in [-0.2, -0.15) is 0 Å². The first-order chi connectivity index (χ1) is 8.24. The van der Waals surface area contributed by atoms with E-state index in [1.54, 1.807) is 6.20 Å². The molecule has 0 radical (unpaired) electrons. The number of rotatable bonds is 5. The second-order valence-corrected chi connectivity index (χ2v) is 5.25. The number of hydrogen-bond acceptors (Lipinski definition) is 3. The molecule has 0 spiro atoms. The molecule has 1 aromatic heterocycles. The fourth-order valence-corrected chi connectivity index (χ4v) is 2.78. The van der Waals surface area contributed by atoms with Crippen LogP contribution in [0.1, 0.15) is 44.7 Å². The molecule has 1 aromatic rings. The molecule has 1 fully saturated rings. The van der Waals surface area contributed by atoms with Crippen LogP contribution in [0.2, 0.25) is 0 Å². The van der Waals surface area contributed by atoms with E-state index in [1.165, 1.54) is 32.1 Å².